The van der Waals surface area contributed by atoms with Crippen molar-refractivity contribution in [3.8, 4) is 11.5 Å². The number of rotatable bonds is 3. The van der Waals surface area contributed by atoms with Gasteiger partial charge in [0.25, 0.3) is 0 Å². The van der Waals surface area contributed by atoms with Gasteiger partial charge in [0.1, 0.15) is 17.3 Å². The number of aliphatic hydroxyl groups is 1. The van der Waals surface area contributed by atoms with E-state index in [1.165, 1.54) is 0 Å². The second-order valence-electron chi connectivity index (χ2n) is 3.50. The molecule has 0 aliphatic carbocycles. The van der Waals surface area contributed by atoms with E-state index < -0.39 is 0 Å². The Morgan fingerprint density at radius 1 is 1.47 bits per heavy atom. The number of aliphatic hydroxyl groups excluding tert-OH is 1. The van der Waals surface area contributed by atoms with E-state index in [0.717, 1.165) is 23.0 Å². The Kier molecular flexibility index (Phi) is 2.60. The van der Waals surface area contributed by atoms with Gasteiger partial charge in [-0.2, -0.15) is 0 Å². The molecular formula is C11H14N2O2. The largest absolute Gasteiger partial charge is 0.460 e. The SMILES string of the molecule is Cc1ccc(-c2cnc(CCO)n2C)o1. The van der Waals surface area contributed by atoms with Crippen LogP contribution in [0.3, 0.4) is 0 Å². The predicted octanol–water partition coefficient (Wildman–Crippen LogP) is 1.52. The molecule has 80 valence electrons. The van der Waals surface area contributed by atoms with Crippen LogP contribution in [0.25, 0.3) is 11.5 Å². The summed E-state index contributed by atoms with van der Waals surface area (Å²) in [5, 5.41) is 8.85. The molecule has 0 spiro atoms. The molecule has 2 rings (SSSR count). The Bertz CT molecular complexity index is 457. The number of nitrogens with zero attached hydrogens (tertiary/aromatic N) is 2. The van der Waals surface area contributed by atoms with Crippen LogP contribution in [0, 0.1) is 6.92 Å². The molecule has 1 N–H and O–H groups in total. The van der Waals surface area contributed by atoms with Crippen molar-refractivity contribution in [3.05, 3.63) is 29.9 Å². The van der Waals surface area contributed by atoms with Gasteiger partial charge in [0.15, 0.2) is 5.76 Å². The highest BCUT2D eigenvalue weighted by Gasteiger charge is 2.10. The smallest absolute Gasteiger partial charge is 0.152 e. The van der Waals surface area contributed by atoms with E-state index in [9.17, 15) is 0 Å². The average molecular weight is 206 g/mol. The predicted molar refractivity (Wildman–Crippen MR) is 56.4 cm³/mol. The first-order valence-electron chi connectivity index (χ1n) is 4.90. The lowest BCUT2D eigenvalue weighted by molar-refractivity contribution is 0.295. The normalized spacial score (nSPS) is 10.9. The van der Waals surface area contributed by atoms with E-state index in [0.29, 0.717) is 6.42 Å². The van der Waals surface area contributed by atoms with Gasteiger partial charge in [-0.1, -0.05) is 0 Å². The molecule has 4 nitrogen and oxygen atoms in total. The zero-order valence-corrected chi connectivity index (χ0v) is 8.90. The Labute approximate surface area is 88.2 Å². The van der Waals surface area contributed by atoms with Crippen molar-refractivity contribution in [2.75, 3.05) is 6.61 Å². The van der Waals surface area contributed by atoms with Gasteiger partial charge in [-0.15, -0.1) is 0 Å². The summed E-state index contributed by atoms with van der Waals surface area (Å²) >= 11 is 0. The van der Waals surface area contributed by atoms with E-state index in [1.54, 1.807) is 6.20 Å². The maximum atomic E-state index is 8.85. The van der Waals surface area contributed by atoms with Gasteiger partial charge < -0.3 is 14.1 Å². The van der Waals surface area contributed by atoms with Crippen LogP contribution in [0.2, 0.25) is 0 Å². The minimum absolute atomic E-state index is 0.113. The summed E-state index contributed by atoms with van der Waals surface area (Å²) in [6.07, 6.45) is 2.33. The Morgan fingerprint density at radius 3 is 2.87 bits per heavy atom. The van der Waals surface area contributed by atoms with Crippen LogP contribution >= 0.6 is 0 Å². The molecule has 0 unspecified atom stereocenters. The molecule has 0 atom stereocenters. The quantitative estimate of drug-likeness (QED) is 0.828. The average Bonchev–Trinajstić information content (AvgIpc) is 2.76. The van der Waals surface area contributed by atoms with E-state index in [1.807, 2.05) is 30.7 Å². The van der Waals surface area contributed by atoms with Gasteiger partial charge in [-0.05, 0) is 19.1 Å². The standard InChI is InChI=1S/C11H14N2O2/c1-8-3-4-10(15-8)9-7-12-11(5-6-14)13(9)2/h3-4,7,14H,5-6H2,1-2H3. The lowest BCUT2D eigenvalue weighted by Crippen LogP contribution is -2.01. The molecule has 0 amide bonds. The fraction of sp³-hybridized carbons (Fsp3) is 0.364. The maximum Gasteiger partial charge on any atom is 0.152 e. The molecule has 0 aliphatic rings. The summed E-state index contributed by atoms with van der Waals surface area (Å²) in [5.74, 6) is 2.56. The first-order valence-corrected chi connectivity index (χ1v) is 4.90. The molecule has 0 aliphatic heterocycles. The summed E-state index contributed by atoms with van der Waals surface area (Å²) in [4.78, 5) is 4.23. The van der Waals surface area contributed by atoms with Crippen molar-refractivity contribution in [1.29, 1.82) is 0 Å². The Hall–Kier alpha value is -1.55. The first kappa shape index (κ1) is 9.98. The van der Waals surface area contributed by atoms with Crippen molar-refractivity contribution < 1.29 is 9.52 Å². The third kappa shape index (κ3) is 1.80. The molecule has 0 aromatic carbocycles. The van der Waals surface area contributed by atoms with Crippen LogP contribution in [0.1, 0.15) is 11.6 Å². The lowest BCUT2D eigenvalue weighted by atomic mass is 10.3. The molecule has 2 aromatic heterocycles. The summed E-state index contributed by atoms with van der Waals surface area (Å²) in [6.45, 7) is 2.02. The molecular weight excluding hydrogens is 192 g/mol. The fourth-order valence-electron chi connectivity index (χ4n) is 1.58. The van der Waals surface area contributed by atoms with Gasteiger partial charge in [-0.25, -0.2) is 4.98 Å². The molecule has 0 fully saturated rings. The minimum atomic E-state index is 0.113. The van der Waals surface area contributed by atoms with E-state index in [-0.39, 0.29) is 6.61 Å². The van der Waals surface area contributed by atoms with Gasteiger partial charge in [0.05, 0.1) is 12.8 Å². The van der Waals surface area contributed by atoms with Gasteiger partial charge >= 0.3 is 0 Å². The van der Waals surface area contributed by atoms with Crippen LogP contribution in [0.4, 0.5) is 0 Å². The highest BCUT2D eigenvalue weighted by molar-refractivity contribution is 5.52. The van der Waals surface area contributed by atoms with E-state index in [4.69, 9.17) is 9.52 Å². The topological polar surface area (TPSA) is 51.2 Å². The van der Waals surface area contributed by atoms with Gasteiger partial charge in [0, 0.05) is 13.5 Å². The number of imidazole rings is 1. The zero-order chi connectivity index (χ0) is 10.8. The Morgan fingerprint density at radius 2 is 2.27 bits per heavy atom. The second kappa shape index (κ2) is 3.90. The van der Waals surface area contributed by atoms with Crippen LogP contribution in [0.5, 0.6) is 0 Å². The number of aromatic nitrogens is 2. The molecule has 0 saturated carbocycles. The van der Waals surface area contributed by atoms with Crippen LogP contribution in [-0.2, 0) is 13.5 Å². The van der Waals surface area contributed by atoms with Crippen LogP contribution in [-0.4, -0.2) is 21.3 Å². The number of hydrogen-bond acceptors (Lipinski definition) is 3. The highest BCUT2D eigenvalue weighted by Crippen LogP contribution is 2.22. The van der Waals surface area contributed by atoms with Gasteiger partial charge in [-0.3, -0.25) is 0 Å². The molecule has 15 heavy (non-hydrogen) atoms. The molecule has 0 radical (unpaired) electrons. The maximum absolute atomic E-state index is 8.85. The molecule has 2 heterocycles. The van der Waals surface area contributed by atoms with Crippen molar-refractivity contribution in [2.45, 2.75) is 13.3 Å². The number of aryl methyl sites for hydroxylation is 1. The summed E-state index contributed by atoms with van der Waals surface area (Å²) < 4.78 is 7.46. The Balaban J connectivity index is 2.37. The van der Waals surface area contributed by atoms with Gasteiger partial charge in [0.2, 0.25) is 0 Å². The van der Waals surface area contributed by atoms with E-state index >= 15 is 0 Å². The van der Waals surface area contributed by atoms with Crippen molar-refractivity contribution in [1.82, 2.24) is 9.55 Å². The number of furan rings is 1. The van der Waals surface area contributed by atoms with Crippen LogP contribution < -0.4 is 0 Å². The summed E-state index contributed by atoms with van der Waals surface area (Å²) in [7, 11) is 1.92. The second-order valence-corrected chi connectivity index (χ2v) is 3.50. The fourth-order valence-corrected chi connectivity index (χ4v) is 1.58. The highest BCUT2D eigenvalue weighted by atomic mass is 16.3. The third-order valence-corrected chi connectivity index (χ3v) is 2.41. The van der Waals surface area contributed by atoms with E-state index in [2.05, 4.69) is 4.98 Å². The lowest BCUT2D eigenvalue weighted by Gasteiger charge is -2.02. The first-order chi connectivity index (χ1) is 7.22. The molecule has 0 saturated heterocycles. The number of hydrogen-bond donors (Lipinski definition) is 1. The monoisotopic (exact) mass is 206 g/mol. The minimum Gasteiger partial charge on any atom is -0.460 e. The molecule has 0 bridgehead atoms. The van der Waals surface area contributed by atoms with Crippen molar-refractivity contribution in [3.63, 3.8) is 0 Å². The molecule has 4 heteroatoms. The van der Waals surface area contributed by atoms with Crippen LogP contribution in [0.15, 0.2) is 22.7 Å². The summed E-state index contributed by atoms with van der Waals surface area (Å²) in [5.41, 5.74) is 0.937. The van der Waals surface area contributed by atoms with Crippen molar-refractivity contribution >= 4 is 0 Å². The zero-order valence-electron chi connectivity index (χ0n) is 8.90. The summed E-state index contributed by atoms with van der Waals surface area (Å²) in [6, 6.07) is 3.85. The van der Waals surface area contributed by atoms with Crippen molar-refractivity contribution in [2.24, 2.45) is 7.05 Å². The third-order valence-electron chi connectivity index (χ3n) is 2.41. The molecule has 2 aromatic rings.